The lowest BCUT2D eigenvalue weighted by Crippen LogP contribution is -2.33. The van der Waals surface area contributed by atoms with E-state index in [-0.39, 0.29) is 0 Å². The molecule has 1 fully saturated rings. The molecule has 20 heavy (non-hydrogen) atoms. The first-order valence-corrected chi connectivity index (χ1v) is 7.77. The molecule has 0 spiro atoms. The van der Waals surface area contributed by atoms with Crippen molar-refractivity contribution in [3.8, 4) is 11.5 Å². The Morgan fingerprint density at radius 1 is 1.05 bits per heavy atom. The maximum absolute atomic E-state index is 5.86. The fourth-order valence-corrected chi connectivity index (χ4v) is 3.11. The molecule has 1 aliphatic carbocycles. The molecule has 0 radical (unpaired) electrons. The second kappa shape index (κ2) is 8.15. The van der Waals surface area contributed by atoms with Crippen LogP contribution in [0.4, 0.5) is 0 Å². The Hall–Kier alpha value is -1.22. The largest absolute Gasteiger partial charge is 0.497 e. The fourth-order valence-electron chi connectivity index (χ4n) is 3.11. The van der Waals surface area contributed by atoms with Crippen LogP contribution < -0.4 is 14.8 Å². The predicted octanol–water partition coefficient (Wildman–Crippen LogP) is 3.63. The minimum absolute atomic E-state index is 0.664. The van der Waals surface area contributed by atoms with E-state index in [4.69, 9.17) is 9.47 Å². The van der Waals surface area contributed by atoms with E-state index in [0.717, 1.165) is 30.4 Å². The number of rotatable bonds is 6. The SMILES string of the molecule is CNC1CCCCCC1CCOc1ccc(OC)cc1. The number of benzene rings is 1. The van der Waals surface area contributed by atoms with Gasteiger partial charge in [-0.2, -0.15) is 0 Å². The van der Waals surface area contributed by atoms with Crippen LogP contribution in [0.5, 0.6) is 11.5 Å². The minimum Gasteiger partial charge on any atom is -0.497 e. The van der Waals surface area contributed by atoms with Gasteiger partial charge in [0.1, 0.15) is 11.5 Å². The molecule has 1 aliphatic rings. The van der Waals surface area contributed by atoms with Crippen molar-refractivity contribution in [3.05, 3.63) is 24.3 Å². The van der Waals surface area contributed by atoms with Gasteiger partial charge in [-0.3, -0.25) is 0 Å². The van der Waals surface area contributed by atoms with Gasteiger partial charge in [0, 0.05) is 6.04 Å². The van der Waals surface area contributed by atoms with Crippen LogP contribution in [0.25, 0.3) is 0 Å². The molecule has 3 nitrogen and oxygen atoms in total. The van der Waals surface area contributed by atoms with E-state index in [1.165, 1.54) is 32.1 Å². The van der Waals surface area contributed by atoms with E-state index < -0.39 is 0 Å². The Labute approximate surface area is 122 Å². The van der Waals surface area contributed by atoms with E-state index in [1.54, 1.807) is 7.11 Å². The number of nitrogens with one attached hydrogen (secondary N) is 1. The number of hydrogen-bond acceptors (Lipinski definition) is 3. The van der Waals surface area contributed by atoms with Gasteiger partial charge in [0.05, 0.1) is 13.7 Å². The molecule has 0 saturated heterocycles. The number of hydrogen-bond donors (Lipinski definition) is 1. The van der Waals surface area contributed by atoms with Crippen LogP contribution in [0, 0.1) is 5.92 Å². The summed E-state index contributed by atoms with van der Waals surface area (Å²) in [7, 11) is 3.77. The van der Waals surface area contributed by atoms with E-state index in [9.17, 15) is 0 Å². The average molecular weight is 277 g/mol. The zero-order valence-electron chi connectivity index (χ0n) is 12.7. The number of ether oxygens (including phenoxy) is 2. The Bertz CT molecular complexity index is 377. The molecule has 1 saturated carbocycles. The van der Waals surface area contributed by atoms with Crippen molar-refractivity contribution in [3.63, 3.8) is 0 Å². The van der Waals surface area contributed by atoms with Gasteiger partial charge in [-0.25, -0.2) is 0 Å². The van der Waals surface area contributed by atoms with Crippen LogP contribution in [-0.2, 0) is 0 Å². The zero-order chi connectivity index (χ0) is 14.2. The van der Waals surface area contributed by atoms with Crippen LogP contribution in [0.15, 0.2) is 24.3 Å². The van der Waals surface area contributed by atoms with Gasteiger partial charge in [-0.1, -0.05) is 19.3 Å². The standard InChI is InChI=1S/C17H27NO2/c1-18-17-7-5-3-4-6-14(17)12-13-20-16-10-8-15(19-2)9-11-16/h8-11,14,17-18H,3-7,12-13H2,1-2H3. The molecule has 3 heteroatoms. The van der Waals surface area contributed by atoms with Gasteiger partial charge in [0.25, 0.3) is 0 Å². The van der Waals surface area contributed by atoms with Gasteiger partial charge in [-0.05, 0) is 56.5 Å². The minimum atomic E-state index is 0.664. The third-order valence-corrected chi connectivity index (χ3v) is 4.35. The predicted molar refractivity (Wildman–Crippen MR) is 82.5 cm³/mol. The highest BCUT2D eigenvalue weighted by atomic mass is 16.5. The summed E-state index contributed by atoms with van der Waals surface area (Å²) in [5.41, 5.74) is 0. The normalized spacial score (nSPS) is 23.1. The van der Waals surface area contributed by atoms with Crippen molar-refractivity contribution in [2.24, 2.45) is 5.92 Å². The number of methoxy groups -OCH3 is 1. The van der Waals surface area contributed by atoms with Crippen LogP contribution in [0.3, 0.4) is 0 Å². The quantitative estimate of drug-likeness (QED) is 0.805. The van der Waals surface area contributed by atoms with E-state index in [2.05, 4.69) is 12.4 Å². The molecular weight excluding hydrogens is 250 g/mol. The van der Waals surface area contributed by atoms with Crippen molar-refractivity contribution in [1.82, 2.24) is 5.32 Å². The molecule has 0 aromatic heterocycles. The molecule has 0 aliphatic heterocycles. The van der Waals surface area contributed by atoms with Crippen molar-refractivity contribution in [1.29, 1.82) is 0 Å². The Kier molecular flexibility index (Phi) is 6.19. The molecule has 2 atom stereocenters. The summed E-state index contributed by atoms with van der Waals surface area (Å²) in [5.74, 6) is 2.55. The topological polar surface area (TPSA) is 30.5 Å². The molecule has 2 unspecified atom stereocenters. The highest BCUT2D eigenvalue weighted by molar-refractivity contribution is 5.31. The lowest BCUT2D eigenvalue weighted by atomic mass is 9.92. The molecule has 0 amide bonds. The lowest BCUT2D eigenvalue weighted by Gasteiger charge is -2.24. The summed E-state index contributed by atoms with van der Waals surface area (Å²) in [6, 6.07) is 8.49. The molecule has 2 rings (SSSR count). The Morgan fingerprint density at radius 2 is 1.75 bits per heavy atom. The first-order valence-electron chi connectivity index (χ1n) is 7.77. The molecule has 1 N–H and O–H groups in total. The maximum Gasteiger partial charge on any atom is 0.119 e. The van der Waals surface area contributed by atoms with Crippen LogP contribution in [-0.4, -0.2) is 26.8 Å². The summed E-state index contributed by atoms with van der Waals surface area (Å²) in [6.45, 7) is 0.801. The summed E-state index contributed by atoms with van der Waals surface area (Å²) in [6.07, 6.45) is 7.89. The first-order chi connectivity index (χ1) is 9.83. The van der Waals surface area contributed by atoms with Crippen LogP contribution >= 0.6 is 0 Å². The molecular formula is C17H27NO2. The summed E-state index contributed by atoms with van der Waals surface area (Å²) < 4.78 is 11.0. The molecule has 112 valence electrons. The second-order valence-corrected chi connectivity index (χ2v) is 5.61. The van der Waals surface area contributed by atoms with Gasteiger partial charge in [0.2, 0.25) is 0 Å². The first kappa shape index (κ1) is 15.2. The van der Waals surface area contributed by atoms with Gasteiger partial charge >= 0.3 is 0 Å². The Morgan fingerprint density at radius 3 is 2.45 bits per heavy atom. The van der Waals surface area contributed by atoms with Gasteiger partial charge < -0.3 is 14.8 Å². The van der Waals surface area contributed by atoms with Crippen LogP contribution in [0.2, 0.25) is 0 Å². The van der Waals surface area contributed by atoms with E-state index >= 15 is 0 Å². The third-order valence-electron chi connectivity index (χ3n) is 4.35. The van der Waals surface area contributed by atoms with Crippen molar-refractivity contribution < 1.29 is 9.47 Å². The van der Waals surface area contributed by atoms with Crippen molar-refractivity contribution >= 4 is 0 Å². The van der Waals surface area contributed by atoms with Gasteiger partial charge in [0.15, 0.2) is 0 Å². The molecule has 0 heterocycles. The zero-order valence-corrected chi connectivity index (χ0v) is 12.7. The van der Waals surface area contributed by atoms with E-state index in [0.29, 0.717) is 6.04 Å². The monoisotopic (exact) mass is 277 g/mol. The lowest BCUT2D eigenvalue weighted by molar-refractivity contribution is 0.242. The summed E-state index contributed by atoms with van der Waals surface area (Å²) in [5, 5.41) is 3.49. The average Bonchev–Trinajstić information content (AvgIpc) is 2.73. The Balaban J connectivity index is 1.78. The van der Waals surface area contributed by atoms with Gasteiger partial charge in [-0.15, -0.1) is 0 Å². The molecule has 1 aromatic carbocycles. The molecule has 1 aromatic rings. The van der Waals surface area contributed by atoms with Crippen molar-refractivity contribution in [2.75, 3.05) is 20.8 Å². The molecule has 0 bridgehead atoms. The highest BCUT2D eigenvalue weighted by Gasteiger charge is 2.21. The maximum atomic E-state index is 5.86. The third kappa shape index (κ3) is 4.41. The smallest absolute Gasteiger partial charge is 0.119 e. The van der Waals surface area contributed by atoms with Crippen molar-refractivity contribution in [2.45, 2.75) is 44.6 Å². The fraction of sp³-hybridized carbons (Fsp3) is 0.647. The summed E-state index contributed by atoms with van der Waals surface area (Å²) >= 11 is 0. The summed E-state index contributed by atoms with van der Waals surface area (Å²) in [4.78, 5) is 0. The van der Waals surface area contributed by atoms with E-state index in [1.807, 2.05) is 24.3 Å². The van der Waals surface area contributed by atoms with Crippen LogP contribution in [0.1, 0.15) is 38.5 Å². The highest BCUT2D eigenvalue weighted by Crippen LogP contribution is 2.26. The second-order valence-electron chi connectivity index (χ2n) is 5.61.